The van der Waals surface area contributed by atoms with Crippen LogP contribution >= 0.6 is 0 Å². The maximum atomic E-state index is 13.5. The smallest absolute Gasteiger partial charge is 0.412 e. The third-order valence-electron chi connectivity index (χ3n) is 7.10. The first kappa shape index (κ1) is 27.6. The number of nitrogens with one attached hydrogen (secondary N) is 1. The van der Waals surface area contributed by atoms with Crippen molar-refractivity contribution in [2.24, 2.45) is 0 Å². The SMILES string of the molecule is C[Si](O)(c1ccccc1)c1ccc(C(=O)Nc2cc(-c3ccccc3)ccc2N(Cc2ccccc2)C(=O)O)cc1. The molecule has 0 saturated carbocycles. The van der Waals surface area contributed by atoms with Crippen molar-refractivity contribution < 1.29 is 19.5 Å². The van der Waals surface area contributed by atoms with Crippen LogP contribution in [0.5, 0.6) is 0 Å². The first-order valence-corrected chi connectivity index (χ1v) is 15.7. The average molecular weight is 559 g/mol. The van der Waals surface area contributed by atoms with Crippen LogP contribution in [0.25, 0.3) is 11.1 Å². The van der Waals surface area contributed by atoms with Crippen LogP contribution in [0.15, 0.2) is 133 Å². The third kappa shape index (κ3) is 6.27. The molecule has 41 heavy (non-hydrogen) atoms. The zero-order chi connectivity index (χ0) is 28.8. The molecule has 0 spiro atoms. The van der Waals surface area contributed by atoms with Crippen LogP contribution in [0.4, 0.5) is 16.2 Å². The summed E-state index contributed by atoms with van der Waals surface area (Å²) in [6.45, 7) is 1.98. The van der Waals surface area contributed by atoms with E-state index in [-0.39, 0.29) is 12.5 Å². The van der Waals surface area contributed by atoms with E-state index in [0.29, 0.717) is 16.9 Å². The Balaban J connectivity index is 1.47. The zero-order valence-corrected chi connectivity index (χ0v) is 23.6. The van der Waals surface area contributed by atoms with E-state index in [9.17, 15) is 19.5 Å². The summed E-state index contributed by atoms with van der Waals surface area (Å²) in [6, 6.07) is 40.9. The molecule has 0 radical (unpaired) electrons. The fourth-order valence-corrected chi connectivity index (χ4v) is 6.76. The molecule has 0 saturated heterocycles. The average Bonchev–Trinajstić information content (AvgIpc) is 3.01. The van der Waals surface area contributed by atoms with Crippen molar-refractivity contribution in [1.29, 1.82) is 0 Å². The van der Waals surface area contributed by atoms with E-state index in [4.69, 9.17) is 0 Å². The first-order chi connectivity index (χ1) is 19.8. The second kappa shape index (κ2) is 12.0. The van der Waals surface area contributed by atoms with Crippen LogP contribution in [0.1, 0.15) is 15.9 Å². The van der Waals surface area contributed by atoms with Gasteiger partial charge >= 0.3 is 6.09 Å². The highest BCUT2D eigenvalue weighted by molar-refractivity contribution is 6.95. The lowest BCUT2D eigenvalue weighted by molar-refractivity contribution is 0.102. The molecule has 7 heteroatoms. The van der Waals surface area contributed by atoms with E-state index < -0.39 is 14.4 Å². The summed E-state index contributed by atoms with van der Waals surface area (Å²) < 4.78 is 0. The first-order valence-electron chi connectivity index (χ1n) is 13.3. The van der Waals surface area contributed by atoms with Crippen LogP contribution in [0.3, 0.4) is 0 Å². The van der Waals surface area contributed by atoms with Crippen molar-refractivity contribution in [3.8, 4) is 11.1 Å². The van der Waals surface area contributed by atoms with Gasteiger partial charge < -0.3 is 15.2 Å². The van der Waals surface area contributed by atoms with E-state index in [1.54, 1.807) is 36.4 Å². The molecule has 0 aliphatic carbocycles. The fraction of sp³-hybridized carbons (Fsp3) is 0.0588. The summed E-state index contributed by atoms with van der Waals surface area (Å²) in [5.74, 6) is -0.380. The van der Waals surface area contributed by atoms with Crippen LogP contribution in [-0.2, 0) is 6.54 Å². The van der Waals surface area contributed by atoms with Gasteiger partial charge in [-0.3, -0.25) is 9.69 Å². The molecule has 5 aromatic rings. The van der Waals surface area contributed by atoms with Crippen LogP contribution < -0.4 is 20.6 Å². The molecule has 6 nitrogen and oxygen atoms in total. The van der Waals surface area contributed by atoms with Crippen LogP contribution in [0.2, 0.25) is 6.55 Å². The molecule has 204 valence electrons. The Morgan fingerprint density at radius 1 is 0.707 bits per heavy atom. The van der Waals surface area contributed by atoms with Crippen molar-refractivity contribution in [1.82, 2.24) is 0 Å². The standard InChI is InChI=1S/C34H30N2O4Si/c1-41(40,29-15-9-4-10-16-29)30-20-17-27(18-21-30)33(37)35-31-23-28(26-13-7-3-8-14-26)19-22-32(31)36(34(38)39)24-25-11-5-2-6-12-25/h2-23,40H,24H2,1H3,(H,35,37)(H,38,39). The van der Waals surface area contributed by atoms with Crippen LogP contribution in [0, 0.1) is 0 Å². The van der Waals surface area contributed by atoms with Gasteiger partial charge in [-0.2, -0.15) is 0 Å². The number of hydrogen-bond donors (Lipinski definition) is 3. The van der Waals surface area contributed by atoms with Crippen molar-refractivity contribution in [3.05, 3.63) is 145 Å². The second-order valence-corrected chi connectivity index (χ2v) is 13.2. The molecule has 1 atom stereocenters. The minimum atomic E-state index is -2.91. The number of hydrogen-bond acceptors (Lipinski definition) is 3. The Morgan fingerprint density at radius 2 is 1.27 bits per heavy atom. The zero-order valence-electron chi connectivity index (χ0n) is 22.6. The Morgan fingerprint density at radius 3 is 1.88 bits per heavy atom. The summed E-state index contributed by atoms with van der Waals surface area (Å²) >= 11 is 0. The lowest BCUT2D eigenvalue weighted by Gasteiger charge is -2.24. The summed E-state index contributed by atoms with van der Waals surface area (Å²) in [7, 11) is -2.91. The molecular formula is C34H30N2O4Si. The van der Waals surface area contributed by atoms with Gasteiger partial charge in [0.2, 0.25) is 8.32 Å². The van der Waals surface area contributed by atoms with Gasteiger partial charge in [0.25, 0.3) is 5.91 Å². The van der Waals surface area contributed by atoms with Gasteiger partial charge in [-0.15, -0.1) is 0 Å². The maximum absolute atomic E-state index is 13.5. The number of anilines is 2. The minimum absolute atomic E-state index is 0.123. The Bertz CT molecular complexity index is 1640. The number of carbonyl (C=O) groups excluding carboxylic acids is 1. The number of carboxylic acid groups (broad SMARTS) is 1. The molecule has 5 rings (SSSR count). The quantitative estimate of drug-likeness (QED) is 0.205. The minimum Gasteiger partial charge on any atom is -0.465 e. The normalized spacial score (nSPS) is 12.2. The lowest BCUT2D eigenvalue weighted by atomic mass is 10.0. The van der Waals surface area contributed by atoms with Gasteiger partial charge in [-0.25, -0.2) is 4.79 Å². The van der Waals surface area contributed by atoms with E-state index in [1.807, 2.05) is 104 Å². The number of benzene rings is 5. The topological polar surface area (TPSA) is 89.9 Å². The van der Waals surface area contributed by atoms with E-state index >= 15 is 0 Å². The Labute approximate surface area is 240 Å². The van der Waals surface area contributed by atoms with Gasteiger partial charge in [0.1, 0.15) is 0 Å². The van der Waals surface area contributed by atoms with Gasteiger partial charge in [0, 0.05) is 5.56 Å². The molecule has 0 heterocycles. The van der Waals surface area contributed by atoms with E-state index in [2.05, 4.69) is 5.32 Å². The highest BCUT2D eigenvalue weighted by Crippen LogP contribution is 2.33. The third-order valence-corrected chi connectivity index (χ3v) is 10.0. The second-order valence-electron chi connectivity index (χ2n) is 9.92. The fourth-order valence-electron chi connectivity index (χ4n) is 4.77. The van der Waals surface area contributed by atoms with Gasteiger partial charge in [-0.05, 0) is 57.9 Å². The molecule has 0 bridgehead atoms. The van der Waals surface area contributed by atoms with Crippen molar-refractivity contribution in [2.45, 2.75) is 13.1 Å². The molecule has 0 aromatic heterocycles. The summed E-state index contributed by atoms with van der Waals surface area (Å²) in [5, 5.41) is 14.8. The van der Waals surface area contributed by atoms with Crippen molar-refractivity contribution >= 4 is 42.1 Å². The monoisotopic (exact) mass is 558 g/mol. The largest absolute Gasteiger partial charge is 0.465 e. The number of nitrogens with zero attached hydrogens (tertiary/aromatic N) is 1. The summed E-state index contributed by atoms with van der Waals surface area (Å²) in [6.07, 6.45) is -1.13. The molecule has 3 N–H and O–H groups in total. The van der Waals surface area contributed by atoms with E-state index in [0.717, 1.165) is 27.1 Å². The summed E-state index contributed by atoms with van der Waals surface area (Å²) in [4.78, 5) is 38.4. The van der Waals surface area contributed by atoms with Crippen LogP contribution in [-0.4, -0.2) is 30.2 Å². The number of amides is 2. The molecule has 1 unspecified atom stereocenters. The molecule has 5 aromatic carbocycles. The molecule has 0 aliphatic heterocycles. The number of carbonyl (C=O) groups is 2. The highest BCUT2D eigenvalue weighted by atomic mass is 28.4. The highest BCUT2D eigenvalue weighted by Gasteiger charge is 2.30. The molecule has 0 aliphatic rings. The van der Waals surface area contributed by atoms with Gasteiger partial charge in [0.15, 0.2) is 0 Å². The Kier molecular flexibility index (Phi) is 8.10. The van der Waals surface area contributed by atoms with Gasteiger partial charge in [-0.1, -0.05) is 109 Å². The molecular weight excluding hydrogens is 528 g/mol. The Hall–Kier alpha value is -4.98. The molecule has 2 amide bonds. The summed E-state index contributed by atoms with van der Waals surface area (Å²) in [5.41, 5.74) is 3.75. The van der Waals surface area contributed by atoms with Crippen molar-refractivity contribution in [3.63, 3.8) is 0 Å². The lowest BCUT2D eigenvalue weighted by Crippen LogP contribution is -2.55. The van der Waals surface area contributed by atoms with E-state index in [1.165, 1.54) is 4.90 Å². The van der Waals surface area contributed by atoms with Gasteiger partial charge in [0.05, 0.1) is 17.9 Å². The predicted molar refractivity (Wildman–Crippen MR) is 166 cm³/mol. The molecule has 0 fully saturated rings. The predicted octanol–water partition coefficient (Wildman–Crippen LogP) is 5.97. The maximum Gasteiger partial charge on any atom is 0.412 e. The van der Waals surface area contributed by atoms with Crippen molar-refractivity contribution in [2.75, 3.05) is 10.2 Å². The number of rotatable bonds is 8.